The number of hydrogen-bond acceptors (Lipinski definition) is 8. The van der Waals surface area contributed by atoms with Gasteiger partial charge >= 0.3 is 11.9 Å². The minimum atomic E-state index is -4.67. The fourth-order valence-electron chi connectivity index (χ4n) is 10.4. The lowest BCUT2D eigenvalue weighted by molar-refractivity contribution is -0.870. The predicted octanol–water partition coefficient (Wildman–Crippen LogP) is 24.5. The molecule has 9 nitrogen and oxygen atoms in total. The molecule has 2 atom stereocenters. The van der Waals surface area contributed by atoms with Crippen LogP contribution in [0.4, 0.5) is 0 Å². The molecule has 92 heavy (non-hydrogen) atoms. The second-order valence-electron chi connectivity index (χ2n) is 26.3. The maximum Gasteiger partial charge on any atom is 0.306 e. The normalized spacial score (nSPS) is 13.8. The van der Waals surface area contributed by atoms with Crippen LogP contribution < -0.4 is 4.89 Å². The molecular weight excluding hydrogens is 1160 g/mol. The maximum absolute atomic E-state index is 12.9. The van der Waals surface area contributed by atoms with Gasteiger partial charge in [-0.05, 0) is 116 Å². The van der Waals surface area contributed by atoms with Crippen molar-refractivity contribution in [2.24, 2.45) is 0 Å². The molecular formula is C82H142NO8P. The molecule has 0 saturated heterocycles. The summed E-state index contributed by atoms with van der Waals surface area (Å²) in [4.78, 5) is 38.1. The zero-order chi connectivity index (χ0) is 66.9. The molecule has 528 valence electrons. The van der Waals surface area contributed by atoms with Gasteiger partial charge in [-0.3, -0.25) is 14.2 Å². The Kier molecular flexibility index (Phi) is 68.5. The van der Waals surface area contributed by atoms with E-state index in [1.807, 2.05) is 21.1 Å². The van der Waals surface area contributed by atoms with E-state index in [1.165, 1.54) is 193 Å². The van der Waals surface area contributed by atoms with E-state index in [0.717, 1.165) is 96.3 Å². The number of likely N-dealkylation sites (N-methyl/N-ethyl adjacent to an activating group) is 1. The highest BCUT2D eigenvalue weighted by Crippen LogP contribution is 2.38. The molecule has 0 amide bonds. The van der Waals surface area contributed by atoms with Gasteiger partial charge in [0.1, 0.15) is 19.8 Å². The summed E-state index contributed by atoms with van der Waals surface area (Å²) in [6.45, 7) is 4.10. The van der Waals surface area contributed by atoms with Gasteiger partial charge in [0.15, 0.2) is 6.10 Å². The van der Waals surface area contributed by atoms with Gasteiger partial charge in [-0.15, -0.1) is 0 Å². The van der Waals surface area contributed by atoms with Crippen LogP contribution in [0.5, 0.6) is 0 Å². The number of phosphoric acid groups is 1. The van der Waals surface area contributed by atoms with Crippen LogP contribution in [0.3, 0.4) is 0 Å². The van der Waals surface area contributed by atoms with Crippen molar-refractivity contribution in [3.8, 4) is 0 Å². The molecule has 0 radical (unpaired) electrons. The lowest BCUT2D eigenvalue weighted by Crippen LogP contribution is -2.37. The van der Waals surface area contributed by atoms with Gasteiger partial charge in [-0.1, -0.05) is 327 Å². The molecule has 0 N–H and O–H groups in total. The van der Waals surface area contributed by atoms with E-state index in [0.29, 0.717) is 17.4 Å². The Morgan fingerprint density at radius 2 is 0.620 bits per heavy atom. The minimum absolute atomic E-state index is 0.0451. The molecule has 0 saturated carbocycles. The molecule has 0 bridgehead atoms. The lowest BCUT2D eigenvalue weighted by atomic mass is 10.0. The van der Waals surface area contributed by atoms with Crippen molar-refractivity contribution in [1.29, 1.82) is 0 Å². The number of quaternary nitrogens is 1. The number of allylic oxidation sites excluding steroid dienone is 22. The van der Waals surface area contributed by atoms with E-state index in [9.17, 15) is 19.0 Å². The second-order valence-corrected chi connectivity index (χ2v) is 27.7. The standard InChI is InChI=1S/C82H142NO8P/c1-6-8-10-12-14-16-18-20-22-24-26-28-30-32-34-36-38-40-41-43-44-46-48-50-52-54-56-58-60-62-64-66-68-70-72-74-81(84)88-78-80(79-90-92(86,87)89-77-76-83(3,4)5)91-82(85)75-73-71-69-67-65-63-61-59-57-55-53-51-49-47-45-42-39-37-35-33-31-29-27-25-23-21-19-17-15-13-11-9-7-2/h9,11,15,17,21,23-24,26-27,29,33,35,39,42,47,49,53,55,59,61,65,67,80H,6-8,10,12-14,16,18-20,22,25,28,30-32,34,36-38,40-41,43-46,48,50-52,54,56-58,60,62-64,66,68-79H2,1-5H3/b11-9-,17-15-,23-21-,26-24-,29-27-,35-33-,42-39-,49-47-,55-53-,61-59-,67-65-. The lowest BCUT2D eigenvalue weighted by Gasteiger charge is -2.28. The molecule has 0 aliphatic heterocycles. The van der Waals surface area contributed by atoms with Crippen molar-refractivity contribution < 1.29 is 42.1 Å². The summed E-state index contributed by atoms with van der Waals surface area (Å²) in [5.74, 6) is -0.882. The Balaban J connectivity index is 4.09. The zero-order valence-corrected chi connectivity index (χ0v) is 61.1. The van der Waals surface area contributed by atoms with Gasteiger partial charge in [0.05, 0.1) is 27.7 Å². The molecule has 0 aliphatic rings. The summed E-state index contributed by atoms with van der Waals surface area (Å²) in [5, 5.41) is 0. The molecule has 10 heteroatoms. The Labute approximate surface area is 568 Å². The van der Waals surface area contributed by atoms with Crippen molar-refractivity contribution in [2.75, 3.05) is 47.5 Å². The second kappa shape index (κ2) is 71.4. The quantitative estimate of drug-likeness (QED) is 0.0195. The highest BCUT2D eigenvalue weighted by atomic mass is 31.2. The molecule has 0 aliphatic carbocycles. The van der Waals surface area contributed by atoms with E-state index in [4.69, 9.17) is 18.5 Å². The summed E-state index contributed by atoms with van der Waals surface area (Å²) in [7, 11) is 1.13. The number of phosphoric ester groups is 1. The average Bonchev–Trinajstić information content (AvgIpc) is 2.23. The van der Waals surface area contributed by atoms with E-state index >= 15 is 0 Å². The molecule has 0 fully saturated rings. The monoisotopic (exact) mass is 1300 g/mol. The molecule has 0 spiro atoms. The Morgan fingerprint density at radius 3 is 0.957 bits per heavy atom. The largest absolute Gasteiger partial charge is 0.756 e. The first-order chi connectivity index (χ1) is 45.0. The first-order valence-corrected chi connectivity index (χ1v) is 39.4. The third-order valence-corrected chi connectivity index (χ3v) is 17.1. The molecule has 0 rings (SSSR count). The molecule has 0 heterocycles. The van der Waals surface area contributed by atoms with Crippen LogP contribution in [0.15, 0.2) is 134 Å². The Bertz CT molecular complexity index is 2020. The van der Waals surface area contributed by atoms with Crippen LogP contribution in [0.1, 0.15) is 322 Å². The van der Waals surface area contributed by atoms with Crippen LogP contribution >= 0.6 is 7.82 Å². The van der Waals surface area contributed by atoms with Crippen LogP contribution in [0.2, 0.25) is 0 Å². The average molecular weight is 1300 g/mol. The Morgan fingerprint density at radius 1 is 0.348 bits per heavy atom. The summed E-state index contributed by atoms with van der Waals surface area (Å²) < 4.78 is 34.3. The highest BCUT2D eigenvalue weighted by Gasteiger charge is 2.22. The first kappa shape index (κ1) is 88.2. The van der Waals surface area contributed by atoms with Crippen LogP contribution in [-0.4, -0.2) is 70.0 Å². The zero-order valence-electron chi connectivity index (χ0n) is 60.2. The van der Waals surface area contributed by atoms with E-state index in [1.54, 1.807) is 0 Å². The molecule has 0 aromatic rings. The number of carbonyl (C=O) groups excluding carboxylic acids is 2. The number of rotatable bonds is 69. The van der Waals surface area contributed by atoms with Crippen molar-refractivity contribution in [3.63, 3.8) is 0 Å². The smallest absolute Gasteiger partial charge is 0.306 e. The number of hydrogen-bond donors (Lipinski definition) is 0. The number of esters is 2. The van der Waals surface area contributed by atoms with E-state index in [-0.39, 0.29) is 26.1 Å². The fraction of sp³-hybridized carbons (Fsp3) is 0.707. The topological polar surface area (TPSA) is 111 Å². The van der Waals surface area contributed by atoms with Gasteiger partial charge in [0, 0.05) is 12.8 Å². The van der Waals surface area contributed by atoms with Crippen molar-refractivity contribution in [2.45, 2.75) is 328 Å². The summed E-state index contributed by atoms with van der Waals surface area (Å²) in [5.41, 5.74) is 0. The summed E-state index contributed by atoms with van der Waals surface area (Å²) >= 11 is 0. The van der Waals surface area contributed by atoms with Crippen molar-refractivity contribution in [3.05, 3.63) is 134 Å². The number of nitrogens with zero attached hydrogens (tertiary/aromatic N) is 1. The van der Waals surface area contributed by atoms with E-state index < -0.39 is 32.5 Å². The number of ether oxygens (including phenoxy) is 2. The predicted molar refractivity (Wildman–Crippen MR) is 397 cm³/mol. The maximum atomic E-state index is 12.9. The third-order valence-electron chi connectivity index (χ3n) is 16.2. The van der Waals surface area contributed by atoms with Crippen LogP contribution in [-0.2, 0) is 32.7 Å². The van der Waals surface area contributed by atoms with Crippen LogP contribution in [0.25, 0.3) is 0 Å². The fourth-order valence-corrected chi connectivity index (χ4v) is 11.1. The van der Waals surface area contributed by atoms with Crippen molar-refractivity contribution in [1.82, 2.24) is 0 Å². The highest BCUT2D eigenvalue weighted by molar-refractivity contribution is 7.45. The summed E-state index contributed by atoms with van der Waals surface area (Å²) in [6, 6.07) is 0. The van der Waals surface area contributed by atoms with Crippen LogP contribution in [0, 0.1) is 0 Å². The van der Waals surface area contributed by atoms with Gasteiger partial charge in [0.2, 0.25) is 0 Å². The first-order valence-electron chi connectivity index (χ1n) is 37.9. The minimum Gasteiger partial charge on any atom is -0.756 e. The van der Waals surface area contributed by atoms with E-state index in [2.05, 4.69) is 148 Å². The third kappa shape index (κ3) is 75.2. The number of unbranched alkanes of at least 4 members (excludes halogenated alkanes) is 33. The number of carbonyl (C=O) groups is 2. The molecule has 2 unspecified atom stereocenters. The molecule has 0 aromatic heterocycles. The Hall–Kier alpha value is -3.85. The molecule has 0 aromatic carbocycles. The van der Waals surface area contributed by atoms with Gasteiger partial charge in [-0.2, -0.15) is 0 Å². The summed E-state index contributed by atoms with van der Waals surface area (Å²) in [6.07, 6.45) is 104. The SMILES string of the molecule is CC/C=C\C/C=C\C/C=C\C/C=C\C/C=C\C/C=C\C/C=C\C/C=C\C/C=C\C/C=C\CCCCC(=O)OC(COC(=O)CCCCCCCCCCCCCCCCCCCCCCCCC/C=C\CCCCCCCCCC)COP(=O)([O-])OCC[N+](C)(C)C. The van der Waals surface area contributed by atoms with Gasteiger partial charge < -0.3 is 27.9 Å². The van der Waals surface area contributed by atoms with Crippen molar-refractivity contribution >= 4 is 19.8 Å². The van der Waals surface area contributed by atoms with Gasteiger partial charge in [0.25, 0.3) is 7.82 Å². The van der Waals surface area contributed by atoms with Gasteiger partial charge in [-0.25, -0.2) is 0 Å².